The maximum absolute atomic E-state index is 12.8. The Hall–Kier alpha value is -3.86. The fourth-order valence-corrected chi connectivity index (χ4v) is 3.79. The normalized spacial score (nSPS) is 12.4. The molecule has 35 heavy (non-hydrogen) atoms. The second-order valence-corrected chi connectivity index (χ2v) is 8.05. The Bertz CT molecular complexity index is 1050. The van der Waals surface area contributed by atoms with Crippen LogP contribution in [0, 0.1) is 11.8 Å². The molecule has 2 atom stereocenters. The number of carboxylic acids is 1. The first-order valence-corrected chi connectivity index (χ1v) is 11.4. The molecule has 1 aromatic carbocycles. The van der Waals surface area contributed by atoms with Gasteiger partial charge in [0.05, 0.1) is 18.2 Å². The van der Waals surface area contributed by atoms with Gasteiger partial charge in [-0.3, -0.25) is 19.6 Å². The van der Waals surface area contributed by atoms with Crippen molar-refractivity contribution in [2.75, 3.05) is 6.67 Å². The van der Waals surface area contributed by atoms with Crippen molar-refractivity contribution in [1.29, 1.82) is 0 Å². The highest BCUT2D eigenvalue weighted by atomic mass is 16.5. The molecule has 3 amide bonds. The lowest BCUT2D eigenvalue weighted by Gasteiger charge is -2.24. The largest absolute Gasteiger partial charge is 0.508 e. The van der Waals surface area contributed by atoms with Crippen molar-refractivity contribution in [3.05, 3.63) is 41.7 Å². The van der Waals surface area contributed by atoms with Crippen LogP contribution in [0.2, 0.25) is 0 Å². The molecule has 2 rings (SSSR count). The van der Waals surface area contributed by atoms with Crippen molar-refractivity contribution in [1.82, 2.24) is 16.1 Å². The second kappa shape index (κ2) is 13.1. The van der Waals surface area contributed by atoms with Gasteiger partial charge in [0.1, 0.15) is 11.5 Å². The maximum Gasteiger partial charge on any atom is 0.335 e. The number of aromatic carboxylic acids is 1. The zero-order valence-electron chi connectivity index (χ0n) is 19.7. The van der Waals surface area contributed by atoms with Gasteiger partial charge in [-0.05, 0) is 43.2 Å². The van der Waals surface area contributed by atoms with Crippen LogP contribution in [0.3, 0.4) is 0 Å². The molecule has 0 spiro atoms. The van der Waals surface area contributed by atoms with Crippen molar-refractivity contribution in [3.63, 3.8) is 0 Å². The van der Waals surface area contributed by atoms with Crippen LogP contribution in [-0.2, 0) is 9.59 Å². The second-order valence-electron chi connectivity index (χ2n) is 8.05. The molecule has 1 heterocycles. The summed E-state index contributed by atoms with van der Waals surface area (Å²) in [4.78, 5) is 48.4. The summed E-state index contributed by atoms with van der Waals surface area (Å²) in [7, 11) is 0. The fraction of sp³-hybridized carbons (Fsp3) is 0.417. The van der Waals surface area contributed by atoms with Crippen molar-refractivity contribution in [2.24, 2.45) is 11.8 Å². The number of aromatic hydroxyl groups is 1. The van der Waals surface area contributed by atoms with E-state index in [0.29, 0.717) is 12.8 Å². The average molecular weight is 490 g/mol. The van der Waals surface area contributed by atoms with E-state index in [9.17, 15) is 24.3 Å². The first-order valence-electron chi connectivity index (χ1n) is 11.4. The van der Waals surface area contributed by atoms with Gasteiger partial charge in [0.15, 0.2) is 5.76 Å². The third-order valence-electron chi connectivity index (χ3n) is 5.62. The molecule has 0 bridgehead atoms. The smallest absolute Gasteiger partial charge is 0.335 e. The molecule has 0 aliphatic rings. The van der Waals surface area contributed by atoms with Crippen LogP contribution in [0.1, 0.15) is 66.9 Å². The number of nitrogens with one attached hydrogen (secondary N) is 3. The minimum atomic E-state index is -1.22. The molecule has 0 radical (unpaired) electrons. The molecule has 1 aromatic heterocycles. The van der Waals surface area contributed by atoms with Crippen molar-refractivity contribution in [3.8, 4) is 17.1 Å². The number of furan rings is 1. The van der Waals surface area contributed by atoms with Crippen LogP contribution in [0.15, 0.2) is 34.7 Å². The number of carboxylic acid groups (broad SMARTS) is 1. The number of hydrogen-bond acceptors (Lipinski definition) is 7. The number of amides is 3. The molecule has 11 heteroatoms. The monoisotopic (exact) mass is 489 g/mol. The Kier molecular flexibility index (Phi) is 10.3. The van der Waals surface area contributed by atoms with Gasteiger partial charge in [-0.1, -0.05) is 33.1 Å². The van der Waals surface area contributed by atoms with Gasteiger partial charge in [0.25, 0.3) is 5.91 Å². The zero-order chi connectivity index (χ0) is 26.0. The summed E-state index contributed by atoms with van der Waals surface area (Å²) < 4.78 is 5.48. The SMILES string of the molecule is CCCCC[C@@H](C(=O)NCNC(=O)c1ccc(-c2cc(O)cc(C(=O)O)c2)o1)[C@@H](CC)C(=O)NO. The summed E-state index contributed by atoms with van der Waals surface area (Å²) in [6.45, 7) is 3.56. The number of unbranched alkanes of at least 4 members (excludes halogenated alkanes) is 2. The van der Waals surface area contributed by atoms with E-state index >= 15 is 0 Å². The van der Waals surface area contributed by atoms with Gasteiger partial charge >= 0.3 is 5.97 Å². The standard InChI is InChI=1S/C24H31N3O8/c1-3-5-6-7-18(17(4-2)22(30)27-34)21(29)25-13-26-23(31)20-9-8-19(35-20)14-10-15(24(32)33)12-16(28)11-14/h8-12,17-18,28,34H,3-7,13H2,1-2H3,(H,25,29)(H,26,31)(H,27,30)(H,32,33)/t17-,18-/m1/s1. The van der Waals surface area contributed by atoms with Gasteiger partial charge in [0.2, 0.25) is 11.8 Å². The van der Waals surface area contributed by atoms with Crippen LogP contribution in [0.5, 0.6) is 5.75 Å². The van der Waals surface area contributed by atoms with Gasteiger partial charge < -0.3 is 25.3 Å². The van der Waals surface area contributed by atoms with Crippen LogP contribution in [0.25, 0.3) is 11.3 Å². The summed E-state index contributed by atoms with van der Waals surface area (Å²) in [5.74, 6) is -4.45. The molecule has 0 aliphatic carbocycles. The Balaban J connectivity index is 2.02. The van der Waals surface area contributed by atoms with Crippen LogP contribution in [-0.4, -0.2) is 45.8 Å². The molecule has 0 aliphatic heterocycles. The van der Waals surface area contributed by atoms with Crippen molar-refractivity contribution < 1.29 is 39.0 Å². The average Bonchev–Trinajstić information content (AvgIpc) is 3.33. The highest BCUT2D eigenvalue weighted by molar-refractivity contribution is 5.93. The maximum atomic E-state index is 12.8. The van der Waals surface area contributed by atoms with Gasteiger partial charge in [-0.25, -0.2) is 10.3 Å². The summed E-state index contributed by atoms with van der Waals surface area (Å²) in [5, 5.41) is 33.0. The van der Waals surface area contributed by atoms with Gasteiger partial charge in [0, 0.05) is 11.5 Å². The number of benzene rings is 1. The van der Waals surface area contributed by atoms with E-state index in [0.717, 1.165) is 25.3 Å². The first kappa shape index (κ1) is 27.4. The van der Waals surface area contributed by atoms with Crippen LogP contribution >= 0.6 is 0 Å². The molecular weight excluding hydrogens is 458 g/mol. The molecule has 190 valence electrons. The Morgan fingerprint density at radius 1 is 0.971 bits per heavy atom. The third kappa shape index (κ3) is 7.57. The van der Waals surface area contributed by atoms with Crippen molar-refractivity contribution >= 4 is 23.7 Å². The zero-order valence-corrected chi connectivity index (χ0v) is 19.7. The quantitative estimate of drug-likeness (QED) is 0.108. The summed E-state index contributed by atoms with van der Waals surface area (Å²) in [6.07, 6.45) is 3.40. The van der Waals surface area contributed by atoms with E-state index < -0.39 is 35.5 Å². The Morgan fingerprint density at radius 2 is 1.71 bits per heavy atom. The summed E-state index contributed by atoms with van der Waals surface area (Å²) in [5.41, 5.74) is 1.75. The van der Waals surface area contributed by atoms with E-state index in [1.807, 2.05) is 6.92 Å². The summed E-state index contributed by atoms with van der Waals surface area (Å²) in [6, 6.07) is 6.53. The first-order chi connectivity index (χ1) is 16.7. The van der Waals surface area contributed by atoms with Gasteiger partial charge in [-0.15, -0.1) is 0 Å². The van der Waals surface area contributed by atoms with Crippen LogP contribution in [0.4, 0.5) is 0 Å². The number of hydrogen-bond donors (Lipinski definition) is 6. The lowest BCUT2D eigenvalue weighted by molar-refractivity contribution is -0.140. The predicted molar refractivity (Wildman–Crippen MR) is 125 cm³/mol. The third-order valence-corrected chi connectivity index (χ3v) is 5.62. The number of hydroxylamine groups is 1. The molecular formula is C24H31N3O8. The molecule has 2 aromatic rings. The lowest BCUT2D eigenvalue weighted by atomic mass is 9.84. The lowest BCUT2D eigenvalue weighted by Crippen LogP contribution is -2.44. The molecule has 0 fully saturated rings. The number of phenolic OH excluding ortho intramolecular Hbond substituents is 1. The summed E-state index contributed by atoms with van der Waals surface area (Å²) >= 11 is 0. The number of carbonyl (C=O) groups is 4. The highest BCUT2D eigenvalue weighted by Crippen LogP contribution is 2.27. The predicted octanol–water partition coefficient (Wildman–Crippen LogP) is 2.88. The minimum absolute atomic E-state index is 0.0833. The molecule has 0 saturated heterocycles. The van der Waals surface area contributed by atoms with Gasteiger partial charge in [-0.2, -0.15) is 0 Å². The fourth-order valence-electron chi connectivity index (χ4n) is 3.79. The Labute approximate surface area is 202 Å². The molecule has 11 nitrogen and oxygen atoms in total. The topological polar surface area (TPSA) is 178 Å². The molecule has 0 saturated carbocycles. The number of rotatable bonds is 13. The highest BCUT2D eigenvalue weighted by Gasteiger charge is 2.32. The van der Waals surface area contributed by atoms with E-state index in [-0.39, 0.29) is 35.1 Å². The van der Waals surface area contributed by atoms with E-state index in [2.05, 4.69) is 10.6 Å². The van der Waals surface area contributed by atoms with E-state index in [1.165, 1.54) is 24.3 Å². The minimum Gasteiger partial charge on any atom is -0.508 e. The number of carbonyl (C=O) groups excluding carboxylic acids is 3. The molecule has 0 unspecified atom stereocenters. The Morgan fingerprint density at radius 3 is 2.34 bits per heavy atom. The van der Waals surface area contributed by atoms with Crippen molar-refractivity contribution in [2.45, 2.75) is 46.0 Å². The van der Waals surface area contributed by atoms with Crippen LogP contribution < -0.4 is 16.1 Å². The number of phenols is 1. The van der Waals surface area contributed by atoms with E-state index in [1.54, 1.807) is 12.4 Å². The van der Waals surface area contributed by atoms with E-state index in [4.69, 9.17) is 14.7 Å². The molecule has 6 N–H and O–H groups in total.